The molecule has 0 saturated carbocycles. The molecule has 8 heteroatoms. The maximum Gasteiger partial charge on any atom is 0.317 e. The summed E-state index contributed by atoms with van der Waals surface area (Å²) in [6, 6.07) is 0.0532. The molecule has 2 aromatic rings. The van der Waals surface area contributed by atoms with Crippen molar-refractivity contribution in [2.75, 3.05) is 25.0 Å². The van der Waals surface area contributed by atoms with Crippen LogP contribution in [0.2, 0.25) is 0 Å². The first-order valence-corrected chi connectivity index (χ1v) is 9.87. The summed E-state index contributed by atoms with van der Waals surface area (Å²) in [5.74, 6) is 1.28. The summed E-state index contributed by atoms with van der Waals surface area (Å²) >= 11 is 1.66. The Balaban J connectivity index is 1.53. The van der Waals surface area contributed by atoms with Gasteiger partial charge in [0.2, 0.25) is 0 Å². The molecule has 3 heterocycles. The highest BCUT2D eigenvalue weighted by Gasteiger charge is 2.23. The van der Waals surface area contributed by atoms with E-state index in [-0.39, 0.29) is 12.1 Å². The minimum absolute atomic E-state index is 0.0601. The van der Waals surface area contributed by atoms with Gasteiger partial charge in [0.1, 0.15) is 5.82 Å². The zero-order valence-electron chi connectivity index (χ0n) is 15.6. The maximum absolute atomic E-state index is 12.5. The minimum atomic E-state index is -0.0601. The topological polar surface area (TPSA) is 74.2 Å². The van der Waals surface area contributed by atoms with E-state index < -0.39 is 0 Å². The lowest BCUT2D eigenvalue weighted by molar-refractivity contribution is 0.200. The van der Waals surface area contributed by atoms with Gasteiger partial charge in [0, 0.05) is 49.9 Å². The second-order valence-corrected chi connectivity index (χ2v) is 7.88. The van der Waals surface area contributed by atoms with Crippen LogP contribution in [-0.4, -0.2) is 52.1 Å². The summed E-state index contributed by atoms with van der Waals surface area (Å²) in [5, 5.41) is 6.29. The van der Waals surface area contributed by atoms with Gasteiger partial charge in [-0.15, -0.1) is 11.3 Å². The lowest BCUT2D eigenvalue weighted by atomic mass is 10.1. The van der Waals surface area contributed by atoms with Crippen molar-refractivity contribution in [2.24, 2.45) is 0 Å². The van der Waals surface area contributed by atoms with Crippen LogP contribution in [0.5, 0.6) is 0 Å². The summed E-state index contributed by atoms with van der Waals surface area (Å²) in [6.07, 6.45) is 7.14. The number of carbonyl (C=O) groups excluding carboxylic acids is 1. The number of urea groups is 1. The Labute approximate surface area is 158 Å². The van der Waals surface area contributed by atoms with Crippen molar-refractivity contribution >= 4 is 23.2 Å². The molecule has 1 aliphatic rings. The van der Waals surface area contributed by atoms with Crippen molar-refractivity contribution < 1.29 is 4.79 Å². The van der Waals surface area contributed by atoms with E-state index in [2.05, 4.69) is 39.0 Å². The lowest BCUT2D eigenvalue weighted by Crippen LogP contribution is -2.51. The fourth-order valence-electron chi connectivity index (χ4n) is 3.02. The first kappa shape index (κ1) is 18.6. The molecule has 0 aromatic carbocycles. The molecule has 1 unspecified atom stereocenters. The number of amides is 2. The Kier molecular flexibility index (Phi) is 6.03. The number of anilines is 1. The van der Waals surface area contributed by atoms with Gasteiger partial charge in [0.05, 0.1) is 23.4 Å². The van der Waals surface area contributed by atoms with E-state index in [0.717, 1.165) is 42.5 Å². The molecule has 1 N–H and O–H groups in total. The third-order valence-electron chi connectivity index (χ3n) is 4.43. The SMILES string of the molecule is CC(C)c1nc(CN(C)C(=O)NC2CCCN(c3cnccn3)C2)cs1. The van der Waals surface area contributed by atoms with E-state index in [1.54, 1.807) is 34.8 Å². The standard InChI is InChI=1S/C18H26N6OS/c1-13(2)17-21-15(12-26-17)10-23(3)18(25)22-14-5-4-8-24(11-14)16-9-19-6-7-20-16/h6-7,9,12-14H,4-5,8,10-11H2,1-3H3,(H,22,25). The fraction of sp³-hybridized carbons (Fsp3) is 0.556. The van der Waals surface area contributed by atoms with Crippen LogP contribution < -0.4 is 10.2 Å². The van der Waals surface area contributed by atoms with E-state index in [0.29, 0.717) is 12.5 Å². The molecule has 0 aliphatic carbocycles. The van der Waals surface area contributed by atoms with E-state index in [4.69, 9.17) is 0 Å². The molecule has 1 saturated heterocycles. The third kappa shape index (κ3) is 4.69. The average molecular weight is 375 g/mol. The van der Waals surface area contributed by atoms with Gasteiger partial charge in [-0.05, 0) is 12.8 Å². The predicted octanol–water partition coefficient (Wildman–Crippen LogP) is 2.87. The first-order valence-electron chi connectivity index (χ1n) is 9.00. The van der Waals surface area contributed by atoms with Crippen LogP contribution >= 0.6 is 11.3 Å². The highest BCUT2D eigenvalue weighted by atomic mass is 32.1. The summed E-state index contributed by atoms with van der Waals surface area (Å²) in [6.45, 7) is 6.48. The quantitative estimate of drug-likeness (QED) is 0.871. The summed E-state index contributed by atoms with van der Waals surface area (Å²) in [5.41, 5.74) is 0.946. The Morgan fingerprint density at radius 3 is 3.00 bits per heavy atom. The maximum atomic E-state index is 12.5. The number of nitrogens with one attached hydrogen (secondary N) is 1. The van der Waals surface area contributed by atoms with Gasteiger partial charge in [0.25, 0.3) is 0 Å². The number of rotatable bonds is 5. The monoisotopic (exact) mass is 374 g/mol. The minimum Gasteiger partial charge on any atom is -0.353 e. The van der Waals surface area contributed by atoms with Crippen molar-refractivity contribution in [3.05, 3.63) is 34.7 Å². The largest absolute Gasteiger partial charge is 0.353 e. The molecular weight excluding hydrogens is 348 g/mol. The molecule has 140 valence electrons. The summed E-state index contributed by atoms with van der Waals surface area (Å²) in [4.78, 5) is 29.5. The lowest BCUT2D eigenvalue weighted by Gasteiger charge is -2.34. The van der Waals surface area contributed by atoms with Gasteiger partial charge in [-0.25, -0.2) is 14.8 Å². The van der Waals surface area contributed by atoms with Gasteiger partial charge in [-0.2, -0.15) is 0 Å². The zero-order valence-corrected chi connectivity index (χ0v) is 16.4. The second-order valence-electron chi connectivity index (χ2n) is 6.99. The number of nitrogens with zero attached hydrogens (tertiary/aromatic N) is 5. The van der Waals surface area contributed by atoms with Crippen LogP contribution in [-0.2, 0) is 6.54 Å². The Bertz CT molecular complexity index is 719. The van der Waals surface area contributed by atoms with Crippen molar-refractivity contribution in [2.45, 2.75) is 45.2 Å². The number of thiazole rings is 1. The van der Waals surface area contributed by atoms with Crippen LogP contribution in [0.3, 0.4) is 0 Å². The Morgan fingerprint density at radius 2 is 2.31 bits per heavy atom. The molecule has 0 spiro atoms. The van der Waals surface area contributed by atoms with Crippen molar-refractivity contribution in [3.63, 3.8) is 0 Å². The zero-order chi connectivity index (χ0) is 18.5. The summed E-state index contributed by atoms with van der Waals surface area (Å²) < 4.78 is 0. The molecule has 3 rings (SSSR count). The summed E-state index contributed by atoms with van der Waals surface area (Å²) in [7, 11) is 1.81. The van der Waals surface area contributed by atoms with E-state index >= 15 is 0 Å². The molecular formula is C18H26N6OS. The van der Waals surface area contributed by atoms with Crippen molar-refractivity contribution in [3.8, 4) is 0 Å². The molecule has 1 atom stereocenters. The molecule has 1 fully saturated rings. The number of carbonyl (C=O) groups is 1. The smallest absolute Gasteiger partial charge is 0.317 e. The van der Waals surface area contributed by atoms with Crippen LogP contribution in [0, 0.1) is 0 Å². The number of hydrogen-bond donors (Lipinski definition) is 1. The Hall–Kier alpha value is -2.22. The van der Waals surface area contributed by atoms with Crippen molar-refractivity contribution in [1.29, 1.82) is 0 Å². The van der Waals surface area contributed by atoms with Gasteiger partial charge in [-0.3, -0.25) is 4.98 Å². The normalized spacial score (nSPS) is 17.4. The highest BCUT2D eigenvalue weighted by Crippen LogP contribution is 2.20. The van der Waals surface area contributed by atoms with Crippen LogP contribution in [0.4, 0.5) is 10.6 Å². The third-order valence-corrected chi connectivity index (χ3v) is 5.63. The van der Waals surface area contributed by atoms with E-state index in [9.17, 15) is 4.79 Å². The molecule has 1 aliphatic heterocycles. The van der Waals surface area contributed by atoms with E-state index in [1.165, 1.54) is 0 Å². The number of hydrogen-bond acceptors (Lipinski definition) is 6. The van der Waals surface area contributed by atoms with Gasteiger partial charge < -0.3 is 15.1 Å². The average Bonchev–Trinajstić information content (AvgIpc) is 3.11. The number of piperidine rings is 1. The van der Waals surface area contributed by atoms with Crippen molar-refractivity contribution in [1.82, 2.24) is 25.2 Å². The van der Waals surface area contributed by atoms with Crippen LogP contribution in [0.25, 0.3) is 0 Å². The fourth-order valence-corrected chi connectivity index (χ4v) is 3.84. The molecule has 7 nitrogen and oxygen atoms in total. The second kappa shape index (κ2) is 8.44. The molecule has 2 aromatic heterocycles. The first-order chi connectivity index (χ1) is 12.5. The molecule has 0 bridgehead atoms. The Morgan fingerprint density at radius 1 is 1.46 bits per heavy atom. The molecule has 0 radical (unpaired) electrons. The molecule has 26 heavy (non-hydrogen) atoms. The number of aromatic nitrogens is 3. The highest BCUT2D eigenvalue weighted by molar-refractivity contribution is 7.09. The van der Waals surface area contributed by atoms with Gasteiger partial charge >= 0.3 is 6.03 Å². The van der Waals surface area contributed by atoms with E-state index in [1.807, 2.05) is 12.4 Å². The molecule has 2 amide bonds. The van der Waals surface area contributed by atoms with Crippen LogP contribution in [0.1, 0.15) is 43.3 Å². The van der Waals surface area contributed by atoms with Crippen LogP contribution in [0.15, 0.2) is 24.0 Å². The predicted molar refractivity (Wildman–Crippen MR) is 103 cm³/mol. The van der Waals surface area contributed by atoms with Gasteiger partial charge in [-0.1, -0.05) is 13.8 Å². The van der Waals surface area contributed by atoms with Gasteiger partial charge in [0.15, 0.2) is 0 Å².